The lowest BCUT2D eigenvalue weighted by Crippen LogP contribution is -2.01. The van der Waals surface area contributed by atoms with Crippen LogP contribution in [0.2, 0.25) is 0 Å². The van der Waals surface area contributed by atoms with Crippen molar-refractivity contribution in [3.05, 3.63) is 53.0 Å². The molecule has 0 bridgehead atoms. The molecule has 0 aliphatic rings. The van der Waals surface area contributed by atoms with E-state index in [4.69, 9.17) is 10.5 Å². The summed E-state index contributed by atoms with van der Waals surface area (Å²) in [5.41, 5.74) is 1.32. The number of hydrogen-bond donors (Lipinski definition) is 1. The Kier molecular flexibility index (Phi) is 3.40. The van der Waals surface area contributed by atoms with E-state index in [0.29, 0.717) is 11.4 Å². The number of anilines is 2. The molecule has 0 aliphatic heterocycles. The van der Waals surface area contributed by atoms with Gasteiger partial charge in [0.05, 0.1) is 11.3 Å². The molecular formula is C14H9FN4. The highest BCUT2D eigenvalue weighted by Crippen LogP contribution is 2.24. The Balaban J connectivity index is 2.50. The Morgan fingerprint density at radius 3 is 2.58 bits per heavy atom. The fourth-order valence-corrected chi connectivity index (χ4v) is 1.66. The standard InChI is InChI=1S/C14H9FN4/c1-9-5-6-18-14(10(9)7-16)19-13-4-2-3-12(15)11(13)8-17/h2-6H,1H3,(H,18,19). The zero-order valence-corrected chi connectivity index (χ0v) is 10.1. The molecule has 0 fully saturated rings. The molecule has 4 nitrogen and oxygen atoms in total. The van der Waals surface area contributed by atoms with Gasteiger partial charge >= 0.3 is 0 Å². The Morgan fingerprint density at radius 1 is 1.16 bits per heavy atom. The first-order valence-electron chi connectivity index (χ1n) is 5.48. The molecule has 5 heteroatoms. The largest absolute Gasteiger partial charge is 0.338 e. The van der Waals surface area contributed by atoms with Crippen molar-refractivity contribution in [2.75, 3.05) is 5.32 Å². The van der Waals surface area contributed by atoms with Crippen molar-refractivity contribution in [2.24, 2.45) is 0 Å². The summed E-state index contributed by atoms with van der Waals surface area (Å²) >= 11 is 0. The van der Waals surface area contributed by atoms with E-state index < -0.39 is 5.82 Å². The van der Waals surface area contributed by atoms with Gasteiger partial charge in [-0.25, -0.2) is 9.37 Å². The molecule has 19 heavy (non-hydrogen) atoms. The van der Waals surface area contributed by atoms with Crippen molar-refractivity contribution in [3.8, 4) is 12.1 Å². The second-order valence-corrected chi connectivity index (χ2v) is 3.86. The molecule has 0 aliphatic carbocycles. The number of rotatable bonds is 2. The van der Waals surface area contributed by atoms with Gasteiger partial charge in [-0.05, 0) is 30.7 Å². The van der Waals surface area contributed by atoms with Crippen LogP contribution in [0.1, 0.15) is 16.7 Å². The predicted molar refractivity (Wildman–Crippen MR) is 68.1 cm³/mol. The summed E-state index contributed by atoms with van der Waals surface area (Å²) in [5, 5.41) is 20.9. The number of benzene rings is 1. The quantitative estimate of drug-likeness (QED) is 0.891. The third-order valence-electron chi connectivity index (χ3n) is 2.65. The zero-order chi connectivity index (χ0) is 13.8. The lowest BCUT2D eigenvalue weighted by Gasteiger charge is -2.10. The number of hydrogen-bond acceptors (Lipinski definition) is 4. The van der Waals surface area contributed by atoms with Crippen LogP contribution in [0.4, 0.5) is 15.9 Å². The number of nitrogens with zero attached hydrogens (tertiary/aromatic N) is 3. The van der Waals surface area contributed by atoms with Gasteiger partial charge in [0.25, 0.3) is 0 Å². The Bertz CT molecular complexity index is 649. The summed E-state index contributed by atoms with van der Waals surface area (Å²) in [6.07, 6.45) is 1.55. The van der Waals surface area contributed by atoms with E-state index in [1.165, 1.54) is 12.1 Å². The minimum Gasteiger partial charge on any atom is -0.338 e. The van der Waals surface area contributed by atoms with Gasteiger partial charge in [0.2, 0.25) is 0 Å². The van der Waals surface area contributed by atoms with Crippen LogP contribution in [0.25, 0.3) is 0 Å². The van der Waals surface area contributed by atoms with Gasteiger partial charge in [-0.3, -0.25) is 0 Å². The summed E-state index contributed by atoms with van der Waals surface area (Å²) in [4.78, 5) is 4.05. The molecule has 1 aromatic heterocycles. The van der Waals surface area contributed by atoms with Crippen LogP contribution in [0.3, 0.4) is 0 Å². The van der Waals surface area contributed by atoms with E-state index in [-0.39, 0.29) is 11.3 Å². The second kappa shape index (κ2) is 5.16. The molecule has 1 aromatic carbocycles. The van der Waals surface area contributed by atoms with E-state index in [1.54, 1.807) is 31.3 Å². The topological polar surface area (TPSA) is 72.5 Å². The van der Waals surface area contributed by atoms with Crippen molar-refractivity contribution in [3.63, 3.8) is 0 Å². The molecule has 1 N–H and O–H groups in total. The first-order valence-corrected chi connectivity index (χ1v) is 5.48. The summed E-state index contributed by atoms with van der Waals surface area (Å²) in [6, 6.07) is 9.79. The average Bonchev–Trinajstić information content (AvgIpc) is 2.39. The number of pyridine rings is 1. The van der Waals surface area contributed by atoms with Crippen molar-refractivity contribution in [1.82, 2.24) is 4.98 Å². The van der Waals surface area contributed by atoms with Gasteiger partial charge in [0.1, 0.15) is 29.3 Å². The maximum Gasteiger partial charge on any atom is 0.148 e. The Morgan fingerprint density at radius 2 is 1.89 bits per heavy atom. The van der Waals surface area contributed by atoms with Crippen molar-refractivity contribution in [2.45, 2.75) is 6.92 Å². The maximum atomic E-state index is 13.5. The Hall–Kier alpha value is -2.92. The molecule has 0 atom stereocenters. The minimum absolute atomic E-state index is 0.102. The number of aromatic nitrogens is 1. The summed E-state index contributed by atoms with van der Waals surface area (Å²) in [7, 11) is 0. The SMILES string of the molecule is Cc1ccnc(Nc2cccc(F)c2C#N)c1C#N. The predicted octanol–water partition coefficient (Wildman–Crippen LogP) is 3.02. The lowest BCUT2D eigenvalue weighted by molar-refractivity contribution is 0.624. The molecule has 0 amide bonds. The third kappa shape index (κ3) is 2.36. The van der Waals surface area contributed by atoms with Crippen molar-refractivity contribution < 1.29 is 4.39 Å². The zero-order valence-electron chi connectivity index (χ0n) is 10.1. The normalized spacial score (nSPS) is 9.47. The first kappa shape index (κ1) is 12.5. The van der Waals surface area contributed by atoms with E-state index in [1.807, 2.05) is 6.07 Å². The molecule has 2 aromatic rings. The van der Waals surface area contributed by atoms with Crippen LogP contribution in [0.15, 0.2) is 30.5 Å². The van der Waals surface area contributed by atoms with Crippen LogP contribution in [-0.4, -0.2) is 4.98 Å². The van der Waals surface area contributed by atoms with E-state index in [2.05, 4.69) is 10.3 Å². The highest BCUT2D eigenvalue weighted by molar-refractivity contribution is 5.69. The van der Waals surface area contributed by atoms with E-state index in [0.717, 1.165) is 5.56 Å². The highest BCUT2D eigenvalue weighted by atomic mass is 19.1. The van der Waals surface area contributed by atoms with E-state index >= 15 is 0 Å². The minimum atomic E-state index is -0.612. The molecule has 0 spiro atoms. The van der Waals surface area contributed by atoms with Gasteiger partial charge < -0.3 is 5.32 Å². The molecule has 0 unspecified atom stereocenters. The molecule has 0 saturated heterocycles. The Labute approximate surface area is 109 Å². The number of halogens is 1. The second-order valence-electron chi connectivity index (χ2n) is 3.86. The van der Waals surface area contributed by atoms with Crippen LogP contribution in [0, 0.1) is 35.4 Å². The van der Waals surface area contributed by atoms with Crippen molar-refractivity contribution in [1.29, 1.82) is 10.5 Å². The number of aryl methyl sites for hydroxylation is 1. The molecule has 2 rings (SSSR count). The van der Waals surface area contributed by atoms with Crippen LogP contribution < -0.4 is 5.32 Å². The van der Waals surface area contributed by atoms with Crippen LogP contribution >= 0.6 is 0 Å². The molecule has 0 saturated carbocycles. The van der Waals surface area contributed by atoms with E-state index in [9.17, 15) is 4.39 Å². The maximum absolute atomic E-state index is 13.5. The number of nitrogens with one attached hydrogen (secondary N) is 1. The average molecular weight is 252 g/mol. The summed E-state index contributed by atoms with van der Waals surface area (Å²) in [5.74, 6) is -0.303. The molecular weight excluding hydrogens is 243 g/mol. The summed E-state index contributed by atoms with van der Waals surface area (Å²) < 4.78 is 13.5. The third-order valence-corrected chi connectivity index (χ3v) is 2.65. The van der Waals surface area contributed by atoms with Crippen LogP contribution in [-0.2, 0) is 0 Å². The smallest absolute Gasteiger partial charge is 0.148 e. The molecule has 1 heterocycles. The molecule has 92 valence electrons. The van der Waals surface area contributed by atoms with Crippen molar-refractivity contribution >= 4 is 11.5 Å². The lowest BCUT2D eigenvalue weighted by atomic mass is 10.1. The fraction of sp³-hybridized carbons (Fsp3) is 0.0714. The molecule has 0 radical (unpaired) electrons. The van der Waals surface area contributed by atoms with Gasteiger partial charge in [0, 0.05) is 6.20 Å². The summed E-state index contributed by atoms with van der Waals surface area (Å²) in [6.45, 7) is 1.78. The highest BCUT2D eigenvalue weighted by Gasteiger charge is 2.11. The van der Waals surface area contributed by atoms with Gasteiger partial charge in [-0.1, -0.05) is 6.07 Å². The van der Waals surface area contributed by atoms with Gasteiger partial charge in [0.15, 0.2) is 0 Å². The monoisotopic (exact) mass is 252 g/mol. The van der Waals surface area contributed by atoms with Gasteiger partial charge in [-0.15, -0.1) is 0 Å². The number of nitriles is 2. The first-order chi connectivity index (χ1) is 9.17. The van der Waals surface area contributed by atoms with Gasteiger partial charge in [-0.2, -0.15) is 10.5 Å². The fourth-order valence-electron chi connectivity index (χ4n) is 1.66. The van der Waals surface area contributed by atoms with Crippen LogP contribution in [0.5, 0.6) is 0 Å².